The van der Waals surface area contributed by atoms with Crippen molar-refractivity contribution in [2.75, 3.05) is 20.8 Å². The van der Waals surface area contributed by atoms with E-state index < -0.39 is 41.9 Å². The normalized spacial score (nSPS) is 31.0. The Kier molecular flexibility index (Phi) is 6.26. The molecule has 9 nitrogen and oxygen atoms in total. The van der Waals surface area contributed by atoms with E-state index in [1.165, 1.54) is 24.3 Å². The molecule has 2 saturated heterocycles. The molecule has 0 aliphatic carbocycles. The number of nitrogens with zero attached hydrogens (tertiary/aromatic N) is 1. The summed E-state index contributed by atoms with van der Waals surface area (Å²) in [5, 5.41) is 10.8. The largest absolute Gasteiger partial charge is 0.462 e. The smallest absolute Gasteiger partial charge is 0.269 e. The molecule has 160 valence electrons. The summed E-state index contributed by atoms with van der Waals surface area (Å²) in [4.78, 5) is 10.4. The van der Waals surface area contributed by atoms with Crippen LogP contribution in [0.5, 0.6) is 5.75 Å². The molecule has 2 aliphatic rings. The van der Waals surface area contributed by atoms with Crippen LogP contribution in [0.3, 0.4) is 0 Å². The summed E-state index contributed by atoms with van der Waals surface area (Å²) in [5.74, 6) is 0.417. The topological polar surface area (TPSA) is 98.5 Å². The van der Waals surface area contributed by atoms with Gasteiger partial charge >= 0.3 is 0 Å². The quantitative estimate of drug-likeness (QED) is 0.523. The molecule has 6 atom stereocenters. The van der Waals surface area contributed by atoms with Crippen molar-refractivity contribution in [3.63, 3.8) is 0 Å². The fourth-order valence-corrected chi connectivity index (χ4v) is 3.72. The van der Waals surface area contributed by atoms with Gasteiger partial charge in [-0.05, 0) is 12.1 Å². The average molecular weight is 417 g/mol. The molecule has 9 heteroatoms. The number of non-ortho nitro benzene ring substituents is 1. The predicted octanol–water partition coefficient (Wildman–Crippen LogP) is 2.84. The third kappa shape index (κ3) is 4.16. The number of hydrogen-bond acceptors (Lipinski definition) is 8. The Bertz CT molecular complexity index is 846. The van der Waals surface area contributed by atoms with Crippen LogP contribution in [-0.2, 0) is 23.7 Å². The van der Waals surface area contributed by atoms with E-state index in [1.54, 1.807) is 14.2 Å². The summed E-state index contributed by atoms with van der Waals surface area (Å²) in [7, 11) is 3.12. The molecule has 2 heterocycles. The monoisotopic (exact) mass is 417 g/mol. The van der Waals surface area contributed by atoms with Gasteiger partial charge < -0.3 is 28.4 Å². The maximum Gasteiger partial charge on any atom is 0.269 e. The number of fused-ring (bicyclic) bond motifs is 1. The summed E-state index contributed by atoms with van der Waals surface area (Å²) < 4.78 is 35.4. The van der Waals surface area contributed by atoms with Crippen molar-refractivity contribution in [1.29, 1.82) is 0 Å². The average Bonchev–Trinajstić information content (AvgIpc) is 2.78. The second-order valence-electron chi connectivity index (χ2n) is 6.99. The van der Waals surface area contributed by atoms with Crippen molar-refractivity contribution in [3.05, 3.63) is 70.3 Å². The lowest BCUT2D eigenvalue weighted by Crippen LogP contribution is -2.64. The van der Waals surface area contributed by atoms with Gasteiger partial charge in [0, 0.05) is 31.9 Å². The highest BCUT2D eigenvalue weighted by Crippen LogP contribution is 2.36. The van der Waals surface area contributed by atoms with Crippen molar-refractivity contribution in [2.24, 2.45) is 0 Å². The van der Waals surface area contributed by atoms with Gasteiger partial charge in [0.1, 0.15) is 30.2 Å². The number of ether oxygens (including phenoxy) is 6. The Morgan fingerprint density at radius 2 is 1.67 bits per heavy atom. The van der Waals surface area contributed by atoms with Crippen molar-refractivity contribution >= 4 is 5.69 Å². The molecule has 2 aromatic carbocycles. The van der Waals surface area contributed by atoms with Crippen molar-refractivity contribution in [1.82, 2.24) is 0 Å². The molecule has 4 rings (SSSR count). The van der Waals surface area contributed by atoms with Gasteiger partial charge in [-0.1, -0.05) is 30.3 Å². The molecule has 0 amide bonds. The first-order chi connectivity index (χ1) is 14.6. The molecule has 0 radical (unpaired) electrons. The zero-order chi connectivity index (χ0) is 21.1. The Morgan fingerprint density at radius 3 is 2.30 bits per heavy atom. The van der Waals surface area contributed by atoms with E-state index in [0.29, 0.717) is 12.4 Å². The molecular weight excluding hydrogens is 394 g/mol. The van der Waals surface area contributed by atoms with Gasteiger partial charge in [0.2, 0.25) is 6.29 Å². The molecule has 0 aromatic heterocycles. The first-order valence-corrected chi connectivity index (χ1v) is 9.55. The van der Waals surface area contributed by atoms with Crippen LogP contribution in [0.15, 0.2) is 54.6 Å². The Morgan fingerprint density at radius 1 is 0.967 bits per heavy atom. The summed E-state index contributed by atoms with van der Waals surface area (Å²) >= 11 is 0. The van der Waals surface area contributed by atoms with Crippen LogP contribution in [-0.4, -0.2) is 56.5 Å². The van der Waals surface area contributed by atoms with E-state index in [0.717, 1.165) is 5.56 Å². The third-order valence-electron chi connectivity index (χ3n) is 5.20. The number of hydrogen-bond donors (Lipinski definition) is 0. The zero-order valence-corrected chi connectivity index (χ0v) is 16.6. The van der Waals surface area contributed by atoms with Crippen LogP contribution < -0.4 is 4.74 Å². The molecule has 2 aromatic rings. The van der Waals surface area contributed by atoms with Gasteiger partial charge in [-0.2, -0.15) is 0 Å². The highest BCUT2D eigenvalue weighted by Gasteiger charge is 2.51. The lowest BCUT2D eigenvalue weighted by molar-refractivity contribution is -0.384. The van der Waals surface area contributed by atoms with Gasteiger partial charge in [-0.3, -0.25) is 10.1 Å². The van der Waals surface area contributed by atoms with Gasteiger partial charge in [-0.25, -0.2) is 0 Å². The summed E-state index contributed by atoms with van der Waals surface area (Å²) in [6, 6.07) is 15.4. The molecule has 2 aliphatic heterocycles. The highest BCUT2D eigenvalue weighted by atomic mass is 16.8. The zero-order valence-electron chi connectivity index (χ0n) is 16.6. The summed E-state index contributed by atoms with van der Waals surface area (Å²) in [5.41, 5.74) is 0.884. The Labute approximate surface area is 173 Å². The summed E-state index contributed by atoms with van der Waals surface area (Å²) in [6.45, 7) is 0.292. The molecule has 0 saturated carbocycles. The van der Waals surface area contributed by atoms with E-state index in [4.69, 9.17) is 28.4 Å². The minimum Gasteiger partial charge on any atom is -0.462 e. The molecule has 0 N–H and O–H groups in total. The molecular formula is C21H23NO8. The maximum atomic E-state index is 10.8. The second kappa shape index (κ2) is 9.07. The van der Waals surface area contributed by atoms with Crippen molar-refractivity contribution < 1.29 is 33.3 Å². The van der Waals surface area contributed by atoms with Crippen LogP contribution in [0.25, 0.3) is 0 Å². The highest BCUT2D eigenvalue weighted by molar-refractivity contribution is 5.36. The number of benzene rings is 2. The van der Waals surface area contributed by atoms with E-state index in [2.05, 4.69) is 0 Å². The Balaban J connectivity index is 1.50. The number of methoxy groups -OCH3 is 2. The standard InChI is InChI=1S/C21H23NO8/c1-25-18-17-16(12-27-20(30-17)13-6-4-3-5-7-13)29-21(19(18)26-2)28-15-10-8-14(9-11-15)22(23)24/h3-11,16-21H,12H2,1-2H3/t16-,17-,18+,19+,20?,21+/m1/s1. The number of rotatable bonds is 6. The molecule has 0 bridgehead atoms. The van der Waals surface area contributed by atoms with Crippen LogP contribution in [0.4, 0.5) is 5.69 Å². The van der Waals surface area contributed by atoms with Crippen LogP contribution in [0.1, 0.15) is 11.9 Å². The fourth-order valence-electron chi connectivity index (χ4n) is 3.72. The Hall–Kier alpha value is -2.56. The number of nitro groups is 1. The predicted molar refractivity (Wildman–Crippen MR) is 104 cm³/mol. The lowest BCUT2D eigenvalue weighted by Gasteiger charge is -2.48. The van der Waals surface area contributed by atoms with Crippen molar-refractivity contribution in [2.45, 2.75) is 37.0 Å². The van der Waals surface area contributed by atoms with Gasteiger partial charge in [0.15, 0.2) is 6.29 Å². The number of nitro benzene ring substituents is 1. The first-order valence-electron chi connectivity index (χ1n) is 9.55. The van der Waals surface area contributed by atoms with E-state index in [1.807, 2.05) is 30.3 Å². The minimum absolute atomic E-state index is 0.0222. The van der Waals surface area contributed by atoms with Gasteiger partial charge in [0.25, 0.3) is 5.69 Å². The van der Waals surface area contributed by atoms with Gasteiger partial charge in [-0.15, -0.1) is 0 Å². The third-order valence-corrected chi connectivity index (χ3v) is 5.20. The second-order valence-corrected chi connectivity index (χ2v) is 6.99. The van der Waals surface area contributed by atoms with Crippen LogP contribution in [0, 0.1) is 10.1 Å². The SMILES string of the molecule is CO[C@@H]1[C@H](OC)[C@@H](Oc2ccc([N+](=O)[O-])cc2)O[C@@H]2COC(c3ccccc3)O[C@@H]12. The van der Waals surface area contributed by atoms with E-state index in [9.17, 15) is 10.1 Å². The van der Waals surface area contributed by atoms with E-state index in [-0.39, 0.29) is 5.69 Å². The maximum absolute atomic E-state index is 10.8. The molecule has 2 fully saturated rings. The first kappa shape index (κ1) is 20.7. The molecule has 0 spiro atoms. The van der Waals surface area contributed by atoms with Crippen molar-refractivity contribution in [3.8, 4) is 5.75 Å². The van der Waals surface area contributed by atoms with E-state index >= 15 is 0 Å². The molecule has 1 unspecified atom stereocenters. The van der Waals surface area contributed by atoms with Crippen LogP contribution in [0.2, 0.25) is 0 Å². The van der Waals surface area contributed by atoms with Crippen LogP contribution >= 0.6 is 0 Å². The lowest BCUT2D eigenvalue weighted by atomic mass is 9.97. The van der Waals surface area contributed by atoms with Gasteiger partial charge in [0.05, 0.1) is 11.5 Å². The fraction of sp³-hybridized carbons (Fsp3) is 0.429. The summed E-state index contributed by atoms with van der Waals surface area (Å²) in [6.07, 6.45) is -3.23. The minimum atomic E-state index is -0.803. The molecule has 30 heavy (non-hydrogen) atoms.